The highest BCUT2D eigenvalue weighted by molar-refractivity contribution is 5.27. The maximum Gasteiger partial charge on any atom is 0.0951 e. The van der Waals surface area contributed by atoms with Gasteiger partial charge in [0.1, 0.15) is 0 Å². The lowest BCUT2D eigenvalue weighted by Gasteiger charge is -2.12. The molecule has 0 aliphatic heterocycles. The zero-order valence-electron chi connectivity index (χ0n) is 11.5. The largest absolute Gasteiger partial charge is 0.329 e. The van der Waals surface area contributed by atoms with Crippen LogP contribution in [0.25, 0.3) is 0 Å². The molecule has 0 spiro atoms. The Kier molecular flexibility index (Phi) is 3.65. The van der Waals surface area contributed by atoms with Crippen molar-refractivity contribution < 1.29 is 0 Å². The van der Waals surface area contributed by atoms with Gasteiger partial charge in [0, 0.05) is 25.3 Å². The quantitative estimate of drug-likeness (QED) is 0.860. The third-order valence-corrected chi connectivity index (χ3v) is 3.79. The van der Waals surface area contributed by atoms with Crippen LogP contribution in [0.15, 0.2) is 36.8 Å². The molecule has 1 aromatic heterocycles. The Labute approximate surface area is 114 Å². The molecule has 1 saturated carbocycles. The molecule has 1 fully saturated rings. The minimum absolute atomic E-state index is 0.742. The Bertz CT molecular complexity index is 540. The van der Waals surface area contributed by atoms with Crippen LogP contribution in [0.4, 0.5) is 0 Å². The molecule has 1 aliphatic rings. The second kappa shape index (κ2) is 5.57. The van der Waals surface area contributed by atoms with E-state index in [2.05, 4.69) is 46.1 Å². The first kappa shape index (κ1) is 12.4. The average Bonchev–Trinajstić information content (AvgIpc) is 3.17. The van der Waals surface area contributed by atoms with E-state index in [0.717, 1.165) is 25.6 Å². The maximum atomic E-state index is 4.30. The molecule has 0 unspecified atom stereocenters. The Morgan fingerprint density at radius 1 is 1.26 bits per heavy atom. The second-order valence-electron chi connectivity index (χ2n) is 5.29. The van der Waals surface area contributed by atoms with Crippen molar-refractivity contribution in [3.8, 4) is 0 Å². The molecule has 100 valence electrons. The molecule has 0 bridgehead atoms. The first-order chi connectivity index (χ1) is 9.36. The number of nitrogens with one attached hydrogen (secondary N) is 1. The standard InChI is InChI=1S/C16H21N3/c1-2-13-5-3-4-6-14(13)11-19-12-17-9-16(19)10-18-15-7-8-15/h3-6,9,12,15,18H,2,7-8,10-11H2,1H3. The number of hydrogen-bond donors (Lipinski definition) is 1. The molecule has 0 atom stereocenters. The van der Waals surface area contributed by atoms with Crippen LogP contribution in [-0.4, -0.2) is 15.6 Å². The van der Waals surface area contributed by atoms with Gasteiger partial charge in [-0.15, -0.1) is 0 Å². The SMILES string of the molecule is CCc1ccccc1Cn1cncc1CNC1CC1. The molecule has 1 aromatic carbocycles. The Morgan fingerprint density at radius 2 is 2.05 bits per heavy atom. The predicted molar refractivity (Wildman–Crippen MR) is 77.0 cm³/mol. The molecule has 19 heavy (non-hydrogen) atoms. The van der Waals surface area contributed by atoms with E-state index in [1.165, 1.54) is 29.7 Å². The van der Waals surface area contributed by atoms with Crippen LogP contribution in [0.2, 0.25) is 0 Å². The first-order valence-corrected chi connectivity index (χ1v) is 7.16. The topological polar surface area (TPSA) is 29.9 Å². The fourth-order valence-electron chi connectivity index (χ4n) is 2.41. The van der Waals surface area contributed by atoms with Gasteiger partial charge in [-0.25, -0.2) is 4.98 Å². The normalized spacial score (nSPS) is 14.8. The van der Waals surface area contributed by atoms with Crippen LogP contribution >= 0.6 is 0 Å². The van der Waals surface area contributed by atoms with Gasteiger partial charge in [-0.3, -0.25) is 0 Å². The summed E-state index contributed by atoms with van der Waals surface area (Å²) in [5, 5.41) is 3.55. The van der Waals surface area contributed by atoms with Gasteiger partial charge in [0.05, 0.1) is 12.0 Å². The molecule has 0 saturated heterocycles. The summed E-state index contributed by atoms with van der Waals surface area (Å²) in [6.45, 7) is 4.06. The molecule has 0 amide bonds. The monoisotopic (exact) mass is 255 g/mol. The summed E-state index contributed by atoms with van der Waals surface area (Å²) in [6.07, 6.45) is 7.65. The maximum absolute atomic E-state index is 4.30. The Hall–Kier alpha value is -1.61. The van der Waals surface area contributed by atoms with Crippen molar-refractivity contribution in [1.82, 2.24) is 14.9 Å². The summed E-state index contributed by atoms with van der Waals surface area (Å²) >= 11 is 0. The highest BCUT2D eigenvalue weighted by Crippen LogP contribution is 2.19. The van der Waals surface area contributed by atoms with Crippen LogP contribution in [-0.2, 0) is 19.5 Å². The van der Waals surface area contributed by atoms with Crippen molar-refractivity contribution in [2.75, 3.05) is 0 Å². The van der Waals surface area contributed by atoms with E-state index in [-0.39, 0.29) is 0 Å². The van der Waals surface area contributed by atoms with Gasteiger partial charge in [-0.2, -0.15) is 0 Å². The van der Waals surface area contributed by atoms with Crippen LogP contribution in [0.1, 0.15) is 36.6 Å². The van der Waals surface area contributed by atoms with E-state index in [1.54, 1.807) is 0 Å². The lowest BCUT2D eigenvalue weighted by Crippen LogP contribution is -2.18. The summed E-state index contributed by atoms with van der Waals surface area (Å²) in [4.78, 5) is 4.30. The van der Waals surface area contributed by atoms with Crippen molar-refractivity contribution in [3.05, 3.63) is 53.6 Å². The number of aromatic nitrogens is 2. The smallest absolute Gasteiger partial charge is 0.0951 e. The van der Waals surface area contributed by atoms with Gasteiger partial charge in [0.15, 0.2) is 0 Å². The molecule has 2 aromatic rings. The van der Waals surface area contributed by atoms with Crippen molar-refractivity contribution >= 4 is 0 Å². The summed E-state index contributed by atoms with van der Waals surface area (Å²) in [5.74, 6) is 0. The summed E-state index contributed by atoms with van der Waals surface area (Å²) in [7, 11) is 0. The predicted octanol–water partition coefficient (Wildman–Crippen LogP) is 2.75. The Balaban J connectivity index is 1.73. The molecule has 3 heteroatoms. The third-order valence-electron chi connectivity index (χ3n) is 3.79. The van der Waals surface area contributed by atoms with Crippen molar-refractivity contribution in [2.24, 2.45) is 0 Å². The van der Waals surface area contributed by atoms with Crippen LogP contribution in [0.5, 0.6) is 0 Å². The van der Waals surface area contributed by atoms with E-state index in [9.17, 15) is 0 Å². The van der Waals surface area contributed by atoms with E-state index < -0.39 is 0 Å². The zero-order valence-corrected chi connectivity index (χ0v) is 11.5. The van der Waals surface area contributed by atoms with E-state index >= 15 is 0 Å². The number of hydrogen-bond acceptors (Lipinski definition) is 2. The number of imidazole rings is 1. The summed E-state index contributed by atoms with van der Waals surface area (Å²) in [5.41, 5.74) is 4.10. The van der Waals surface area contributed by atoms with Gasteiger partial charge in [-0.1, -0.05) is 31.2 Å². The average molecular weight is 255 g/mol. The second-order valence-corrected chi connectivity index (χ2v) is 5.29. The Morgan fingerprint density at radius 3 is 2.79 bits per heavy atom. The minimum atomic E-state index is 0.742. The molecule has 1 heterocycles. The van der Waals surface area contributed by atoms with Gasteiger partial charge in [0.2, 0.25) is 0 Å². The lowest BCUT2D eigenvalue weighted by atomic mass is 10.1. The molecule has 3 nitrogen and oxygen atoms in total. The van der Waals surface area contributed by atoms with Crippen LogP contribution in [0, 0.1) is 0 Å². The summed E-state index contributed by atoms with van der Waals surface area (Å²) in [6, 6.07) is 9.41. The third kappa shape index (κ3) is 3.04. The number of nitrogens with zero attached hydrogens (tertiary/aromatic N) is 2. The van der Waals surface area contributed by atoms with Gasteiger partial charge < -0.3 is 9.88 Å². The molecular weight excluding hydrogens is 234 g/mol. The van der Waals surface area contributed by atoms with Gasteiger partial charge in [-0.05, 0) is 30.4 Å². The molecule has 1 aliphatic carbocycles. The highest BCUT2D eigenvalue weighted by atomic mass is 15.1. The van der Waals surface area contributed by atoms with Crippen molar-refractivity contribution in [1.29, 1.82) is 0 Å². The number of rotatable bonds is 6. The minimum Gasteiger partial charge on any atom is -0.329 e. The van der Waals surface area contributed by atoms with Gasteiger partial charge >= 0.3 is 0 Å². The lowest BCUT2D eigenvalue weighted by molar-refractivity contribution is 0.633. The van der Waals surface area contributed by atoms with Crippen molar-refractivity contribution in [3.63, 3.8) is 0 Å². The van der Waals surface area contributed by atoms with Gasteiger partial charge in [0.25, 0.3) is 0 Å². The molecule has 1 N–H and O–H groups in total. The van der Waals surface area contributed by atoms with Crippen LogP contribution in [0.3, 0.4) is 0 Å². The highest BCUT2D eigenvalue weighted by Gasteiger charge is 2.20. The fraction of sp³-hybridized carbons (Fsp3) is 0.438. The summed E-state index contributed by atoms with van der Waals surface area (Å²) < 4.78 is 2.25. The number of aryl methyl sites for hydroxylation is 1. The molecular formula is C16H21N3. The molecule has 0 radical (unpaired) electrons. The number of benzene rings is 1. The van der Waals surface area contributed by atoms with E-state index in [4.69, 9.17) is 0 Å². The zero-order chi connectivity index (χ0) is 13.1. The van der Waals surface area contributed by atoms with E-state index in [1.807, 2.05) is 12.5 Å². The van der Waals surface area contributed by atoms with E-state index in [0.29, 0.717) is 0 Å². The molecule has 3 rings (SSSR count). The first-order valence-electron chi connectivity index (χ1n) is 7.16. The fourth-order valence-corrected chi connectivity index (χ4v) is 2.41. The van der Waals surface area contributed by atoms with Crippen molar-refractivity contribution in [2.45, 2.75) is 45.3 Å². The van der Waals surface area contributed by atoms with Crippen LogP contribution < -0.4 is 5.32 Å².